The van der Waals surface area contributed by atoms with Gasteiger partial charge in [0.15, 0.2) is 5.82 Å². The van der Waals surface area contributed by atoms with E-state index < -0.39 is 10.0 Å². The lowest BCUT2D eigenvalue weighted by Gasteiger charge is -2.30. The molecule has 0 spiro atoms. The van der Waals surface area contributed by atoms with E-state index in [9.17, 15) is 13.2 Å². The van der Waals surface area contributed by atoms with Crippen molar-refractivity contribution in [1.29, 1.82) is 0 Å². The lowest BCUT2D eigenvalue weighted by Crippen LogP contribution is -2.44. The van der Waals surface area contributed by atoms with E-state index >= 15 is 0 Å². The molecule has 1 aromatic heterocycles. The predicted molar refractivity (Wildman–Crippen MR) is 123 cm³/mol. The zero-order valence-corrected chi connectivity index (χ0v) is 19.1. The molecule has 0 radical (unpaired) electrons. The topological polar surface area (TPSA) is 103 Å². The molecule has 0 unspecified atom stereocenters. The number of aromatic nitrogens is 1. The summed E-state index contributed by atoms with van der Waals surface area (Å²) >= 11 is 0. The maximum Gasteiger partial charge on any atom is 0.262 e. The highest BCUT2D eigenvalue weighted by Crippen LogP contribution is 2.28. The van der Waals surface area contributed by atoms with Gasteiger partial charge in [0, 0.05) is 38.4 Å². The van der Waals surface area contributed by atoms with Crippen molar-refractivity contribution in [2.75, 3.05) is 35.8 Å². The van der Waals surface area contributed by atoms with E-state index in [1.807, 2.05) is 30.9 Å². The summed E-state index contributed by atoms with van der Waals surface area (Å²) in [6, 6.07) is 8.41. The standard InChI is InChI=1S/C22H31N5O3S/c1-4-5-17-6-8-19(9-7-17)31(29,30)26-20-14-18(22(28)25-16(2)3)15-24-21(20)27-12-10-23-11-13-27/h6-9,14-16,23,26H,4-5,10-13H2,1-3H3,(H,25,28). The molecule has 0 atom stereocenters. The van der Waals surface area contributed by atoms with Gasteiger partial charge in [0.1, 0.15) is 0 Å². The predicted octanol–water partition coefficient (Wildman–Crippen LogP) is 2.38. The van der Waals surface area contributed by atoms with E-state index in [1.165, 1.54) is 6.20 Å². The van der Waals surface area contributed by atoms with Crippen molar-refractivity contribution in [3.63, 3.8) is 0 Å². The Labute approximate surface area is 184 Å². The third-order valence-corrected chi connectivity index (χ3v) is 6.36. The third-order valence-electron chi connectivity index (χ3n) is 4.98. The Kier molecular flexibility index (Phi) is 7.50. The van der Waals surface area contributed by atoms with Crippen LogP contribution in [0.15, 0.2) is 41.4 Å². The van der Waals surface area contributed by atoms with E-state index in [0.717, 1.165) is 31.5 Å². The Morgan fingerprint density at radius 1 is 1.19 bits per heavy atom. The molecule has 8 nitrogen and oxygen atoms in total. The Hall–Kier alpha value is -2.65. The molecule has 1 aliphatic rings. The molecule has 1 saturated heterocycles. The summed E-state index contributed by atoms with van der Waals surface area (Å²) in [5, 5.41) is 6.09. The summed E-state index contributed by atoms with van der Waals surface area (Å²) in [7, 11) is -3.84. The number of anilines is 2. The molecular weight excluding hydrogens is 414 g/mol. The molecule has 3 N–H and O–H groups in total. The highest BCUT2D eigenvalue weighted by Gasteiger charge is 2.22. The number of amides is 1. The average Bonchev–Trinajstić information content (AvgIpc) is 2.74. The normalized spacial score (nSPS) is 14.5. The van der Waals surface area contributed by atoms with Gasteiger partial charge in [-0.25, -0.2) is 13.4 Å². The molecule has 0 aliphatic carbocycles. The Morgan fingerprint density at radius 2 is 1.87 bits per heavy atom. The van der Waals surface area contributed by atoms with E-state index in [1.54, 1.807) is 18.2 Å². The Bertz CT molecular complexity index is 1000. The maximum absolute atomic E-state index is 13.1. The highest BCUT2D eigenvalue weighted by atomic mass is 32.2. The summed E-state index contributed by atoms with van der Waals surface area (Å²) in [4.78, 5) is 19.1. The van der Waals surface area contributed by atoms with Crippen molar-refractivity contribution in [3.8, 4) is 0 Å². The first-order valence-corrected chi connectivity index (χ1v) is 12.2. The number of sulfonamides is 1. The second-order valence-electron chi connectivity index (χ2n) is 7.96. The fourth-order valence-corrected chi connectivity index (χ4v) is 4.51. The van der Waals surface area contributed by atoms with Gasteiger partial charge in [-0.1, -0.05) is 25.5 Å². The van der Waals surface area contributed by atoms with Crippen LogP contribution in [0.4, 0.5) is 11.5 Å². The first-order chi connectivity index (χ1) is 14.8. The number of hydrogen-bond acceptors (Lipinski definition) is 6. The molecule has 1 amide bonds. The minimum Gasteiger partial charge on any atom is -0.352 e. The Morgan fingerprint density at radius 3 is 2.48 bits per heavy atom. The lowest BCUT2D eigenvalue weighted by molar-refractivity contribution is 0.0943. The van der Waals surface area contributed by atoms with Crippen LogP contribution in [0, 0.1) is 0 Å². The van der Waals surface area contributed by atoms with E-state index in [4.69, 9.17) is 0 Å². The molecule has 168 valence electrons. The van der Waals surface area contributed by atoms with Crippen LogP contribution < -0.4 is 20.3 Å². The summed E-state index contributed by atoms with van der Waals surface area (Å²) < 4.78 is 28.9. The lowest BCUT2D eigenvalue weighted by atomic mass is 10.1. The van der Waals surface area contributed by atoms with Gasteiger partial charge in [0.05, 0.1) is 16.1 Å². The van der Waals surface area contributed by atoms with Crippen molar-refractivity contribution >= 4 is 27.4 Å². The van der Waals surface area contributed by atoms with Crippen LogP contribution in [0.5, 0.6) is 0 Å². The molecule has 1 aromatic carbocycles. The van der Waals surface area contributed by atoms with Crippen LogP contribution in [0.25, 0.3) is 0 Å². The molecule has 9 heteroatoms. The molecule has 3 rings (SSSR count). The van der Waals surface area contributed by atoms with E-state index in [2.05, 4.69) is 27.3 Å². The smallest absolute Gasteiger partial charge is 0.262 e. The number of hydrogen-bond donors (Lipinski definition) is 3. The van der Waals surface area contributed by atoms with Crippen LogP contribution in [0.3, 0.4) is 0 Å². The van der Waals surface area contributed by atoms with Gasteiger partial charge in [-0.3, -0.25) is 9.52 Å². The quantitative estimate of drug-likeness (QED) is 0.576. The molecule has 0 saturated carbocycles. The number of nitrogens with one attached hydrogen (secondary N) is 3. The highest BCUT2D eigenvalue weighted by molar-refractivity contribution is 7.92. The molecule has 1 aliphatic heterocycles. The van der Waals surface area contributed by atoms with Gasteiger partial charge < -0.3 is 15.5 Å². The van der Waals surface area contributed by atoms with Gasteiger partial charge in [-0.2, -0.15) is 0 Å². The largest absolute Gasteiger partial charge is 0.352 e. The van der Waals surface area contributed by atoms with E-state index in [-0.39, 0.29) is 16.8 Å². The third kappa shape index (κ3) is 5.95. The molecule has 1 fully saturated rings. The molecule has 2 heterocycles. The summed E-state index contributed by atoms with van der Waals surface area (Å²) in [6.45, 7) is 8.78. The van der Waals surface area contributed by atoms with Crippen molar-refractivity contribution in [2.45, 2.75) is 44.6 Å². The molecule has 31 heavy (non-hydrogen) atoms. The van der Waals surface area contributed by atoms with Crippen molar-refractivity contribution < 1.29 is 13.2 Å². The minimum atomic E-state index is -3.84. The number of carbonyl (C=O) groups is 1. The number of carbonyl (C=O) groups excluding carboxylic acids is 1. The summed E-state index contributed by atoms with van der Waals surface area (Å²) in [5.74, 6) is 0.229. The molecule has 2 aromatic rings. The van der Waals surface area contributed by atoms with Gasteiger partial charge in [-0.05, 0) is 44.0 Å². The first-order valence-electron chi connectivity index (χ1n) is 10.7. The van der Waals surface area contributed by atoms with Gasteiger partial charge in [0.25, 0.3) is 15.9 Å². The second-order valence-corrected chi connectivity index (χ2v) is 9.64. The van der Waals surface area contributed by atoms with Crippen LogP contribution in [0.1, 0.15) is 43.1 Å². The SMILES string of the molecule is CCCc1ccc(S(=O)(=O)Nc2cc(C(=O)NC(C)C)cnc2N2CCNCC2)cc1. The number of aryl methyl sites for hydroxylation is 1. The van der Waals surface area contributed by atoms with Crippen molar-refractivity contribution in [3.05, 3.63) is 47.7 Å². The summed E-state index contributed by atoms with van der Waals surface area (Å²) in [5.41, 5.74) is 1.71. The van der Waals surface area contributed by atoms with Gasteiger partial charge in [0.2, 0.25) is 0 Å². The van der Waals surface area contributed by atoms with E-state index in [0.29, 0.717) is 30.2 Å². The van der Waals surface area contributed by atoms with Gasteiger partial charge >= 0.3 is 0 Å². The second kappa shape index (κ2) is 10.1. The minimum absolute atomic E-state index is 0.0397. The maximum atomic E-state index is 13.1. The fourth-order valence-electron chi connectivity index (χ4n) is 3.46. The molecular formula is C22H31N5O3S. The average molecular weight is 446 g/mol. The first kappa shape index (κ1) is 23.0. The van der Waals surface area contributed by atoms with Crippen molar-refractivity contribution in [1.82, 2.24) is 15.6 Å². The van der Waals surface area contributed by atoms with Crippen LogP contribution in [0.2, 0.25) is 0 Å². The summed E-state index contributed by atoms with van der Waals surface area (Å²) in [6.07, 6.45) is 3.39. The van der Waals surface area contributed by atoms with Crippen LogP contribution >= 0.6 is 0 Å². The number of rotatable bonds is 8. The number of benzene rings is 1. The zero-order chi connectivity index (χ0) is 22.4. The monoisotopic (exact) mass is 445 g/mol. The number of pyridine rings is 1. The van der Waals surface area contributed by atoms with Crippen molar-refractivity contribution in [2.24, 2.45) is 0 Å². The number of piperazine rings is 1. The number of nitrogens with zero attached hydrogens (tertiary/aromatic N) is 2. The van der Waals surface area contributed by atoms with Crippen LogP contribution in [-0.4, -0.2) is 51.5 Å². The van der Waals surface area contributed by atoms with Gasteiger partial charge in [-0.15, -0.1) is 0 Å². The Balaban J connectivity index is 1.94. The zero-order valence-electron chi connectivity index (χ0n) is 18.3. The molecule has 0 bridgehead atoms. The van der Waals surface area contributed by atoms with Crippen LogP contribution in [-0.2, 0) is 16.4 Å². The fraction of sp³-hybridized carbons (Fsp3) is 0.455.